The molecule has 3 rings (SSSR count). The molecule has 0 heterocycles. The van der Waals surface area contributed by atoms with Crippen molar-refractivity contribution in [2.75, 3.05) is 11.9 Å². The Labute approximate surface area is 218 Å². The summed E-state index contributed by atoms with van der Waals surface area (Å²) < 4.78 is 0. The van der Waals surface area contributed by atoms with E-state index in [-0.39, 0.29) is 5.91 Å². The summed E-state index contributed by atoms with van der Waals surface area (Å²) >= 11 is 0. The van der Waals surface area contributed by atoms with Crippen molar-refractivity contribution in [2.45, 2.75) is 70.4 Å². The molecule has 0 saturated heterocycles. The minimum absolute atomic E-state index is 0.0488. The van der Waals surface area contributed by atoms with E-state index in [2.05, 4.69) is 22.5 Å². The number of aliphatic hydroxyl groups excluding tert-OH is 2. The van der Waals surface area contributed by atoms with Gasteiger partial charge in [0.25, 0.3) is 5.91 Å². The van der Waals surface area contributed by atoms with Gasteiger partial charge in [0.1, 0.15) is 12.6 Å². The van der Waals surface area contributed by atoms with Crippen LogP contribution in [0.25, 0.3) is 0 Å². The highest BCUT2D eigenvalue weighted by molar-refractivity contribution is 5.98. The number of hydrogen-bond acceptors (Lipinski definition) is 5. The van der Waals surface area contributed by atoms with Gasteiger partial charge in [-0.1, -0.05) is 50.4 Å². The maximum absolute atomic E-state index is 12.4. The first-order valence-electron chi connectivity index (χ1n) is 13.0. The number of rotatable bonds is 9. The monoisotopic (exact) mass is 504 g/mol. The Morgan fingerprint density at radius 2 is 1.49 bits per heavy atom. The highest BCUT2D eigenvalue weighted by Gasteiger charge is 2.25. The van der Waals surface area contributed by atoms with Crippen LogP contribution in [-0.2, 0) is 9.59 Å². The number of amides is 2. The maximum Gasteiger partial charge on any atom is 0.251 e. The molecule has 0 aliphatic heterocycles. The van der Waals surface area contributed by atoms with Crippen molar-refractivity contribution in [3.63, 3.8) is 0 Å². The fourth-order valence-corrected chi connectivity index (χ4v) is 4.49. The lowest BCUT2D eigenvalue weighted by Gasteiger charge is -2.19. The second kappa shape index (κ2) is 14.3. The maximum atomic E-state index is 12.4. The van der Waals surface area contributed by atoms with Crippen molar-refractivity contribution in [3.05, 3.63) is 65.2 Å². The Bertz CT molecular complexity index is 1110. The lowest BCUT2D eigenvalue weighted by Crippen LogP contribution is -2.48. The first-order valence-corrected chi connectivity index (χ1v) is 13.0. The molecule has 37 heavy (non-hydrogen) atoms. The van der Waals surface area contributed by atoms with Gasteiger partial charge in [-0.3, -0.25) is 14.4 Å². The van der Waals surface area contributed by atoms with Crippen molar-refractivity contribution in [3.8, 4) is 11.8 Å². The number of carbonyl (C=O) groups excluding carboxylic acids is 3. The number of carbonyl (C=O) groups is 3. The minimum Gasteiger partial charge on any atom is -0.391 e. The number of ketones is 1. The summed E-state index contributed by atoms with van der Waals surface area (Å²) in [6, 6.07) is 12.7. The van der Waals surface area contributed by atoms with E-state index in [9.17, 15) is 19.5 Å². The fourth-order valence-electron chi connectivity index (χ4n) is 4.49. The summed E-state index contributed by atoms with van der Waals surface area (Å²) in [5.74, 6) is 5.64. The quantitative estimate of drug-likeness (QED) is 0.306. The molecule has 1 aliphatic rings. The third kappa shape index (κ3) is 9.16. The number of hydrogen-bond donors (Lipinski definition) is 4. The molecule has 7 nitrogen and oxygen atoms in total. The average Bonchev–Trinajstić information content (AvgIpc) is 3.18. The lowest BCUT2D eigenvalue weighted by molar-refractivity contribution is -0.126. The first-order chi connectivity index (χ1) is 17.9. The topological polar surface area (TPSA) is 116 Å². The van der Waals surface area contributed by atoms with Gasteiger partial charge in [0, 0.05) is 28.8 Å². The molecular formula is C30H36N2O5. The van der Waals surface area contributed by atoms with Crippen LogP contribution in [0.2, 0.25) is 0 Å². The fraction of sp³-hybridized carbons (Fsp3) is 0.433. The number of benzene rings is 2. The molecule has 0 unspecified atom stereocenters. The van der Waals surface area contributed by atoms with Crippen LogP contribution in [0.1, 0.15) is 79.8 Å². The van der Waals surface area contributed by atoms with Crippen LogP contribution in [-0.4, -0.2) is 46.6 Å². The second-order valence-electron chi connectivity index (χ2n) is 9.67. The van der Waals surface area contributed by atoms with Gasteiger partial charge in [-0.2, -0.15) is 0 Å². The summed E-state index contributed by atoms with van der Waals surface area (Å²) in [6.45, 7) is 0.606. The molecule has 7 heteroatoms. The molecule has 4 N–H and O–H groups in total. The smallest absolute Gasteiger partial charge is 0.251 e. The highest BCUT2D eigenvalue weighted by atomic mass is 16.3. The molecule has 1 saturated carbocycles. The van der Waals surface area contributed by atoms with E-state index >= 15 is 0 Å². The van der Waals surface area contributed by atoms with Gasteiger partial charge in [0.05, 0.1) is 6.10 Å². The van der Waals surface area contributed by atoms with Gasteiger partial charge in [0.15, 0.2) is 5.78 Å². The molecule has 2 aromatic carbocycles. The second-order valence-corrected chi connectivity index (χ2v) is 9.67. The standard InChI is InChI=1S/C30H36N2O5/c1-21(34)29(27(35)20-33)32-30(37)25-15-10-23(11-16-25)8-9-24-12-17-26(18-13-24)31-28(36)19-14-22-6-4-2-3-5-7-22/h10-13,15-18,21-22,29,33-34H,2-7,14,19-20H2,1H3,(H,31,36)(H,32,37)/t21-,29+/m1/s1. The number of nitrogens with one attached hydrogen (secondary N) is 2. The van der Waals surface area contributed by atoms with Crippen LogP contribution >= 0.6 is 0 Å². The molecule has 2 aromatic rings. The zero-order valence-electron chi connectivity index (χ0n) is 21.3. The summed E-state index contributed by atoms with van der Waals surface area (Å²) in [6.07, 6.45) is 8.08. The van der Waals surface area contributed by atoms with Gasteiger partial charge in [-0.15, -0.1) is 0 Å². The predicted molar refractivity (Wildman–Crippen MR) is 143 cm³/mol. The average molecular weight is 505 g/mol. The Morgan fingerprint density at radius 3 is 2.03 bits per heavy atom. The van der Waals surface area contributed by atoms with Gasteiger partial charge in [-0.25, -0.2) is 0 Å². The molecule has 2 atom stereocenters. The van der Waals surface area contributed by atoms with Crippen LogP contribution in [0.5, 0.6) is 0 Å². The first kappa shape index (κ1) is 28.1. The molecule has 0 aromatic heterocycles. The Morgan fingerprint density at radius 1 is 0.919 bits per heavy atom. The largest absolute Gasteiger partial charge is 0.391 e. The molecular weight excluding hydrogens is 468 g/mol. The van der Waals surface area contributed by atoms with Crippen molar-refractivity contribution in [2.24, 2.45) is 5.92 Å². The number of anilines is 1. The summed E-state index contributed by atoms with van der Waals surface area (Å²) in [5, 5.41) is 24.1. The van der Waals surface area contributed by atoms with Gasteiger partial charge >= 0.3 is 0 Å². The SMILES string of the molecule is C[C@@H](O)[C@H](NC(=O)c1ccc(C#Cc2ccc(NC(=O)CCC3CCCCCC3)cc2)cc1)C(=O)CO. The van der Waals surface area contributed by atoms with Crippen molar-refractivity contribution >= 4 is 23.3 Å². The van der Waals surface area contributed by atoms with Crippen LogP contribution in [0.4, 0.5) is 5.69 Å². The summed E-state index contributed by atoms with van der Waals surface area (Å²) in [7, 11) is 0. The van der Waals surface area contributed by atoms with E-state index < -0.39 is 30.4 Å². The van der Waals surface area contributed by atoms with Crippen LogP contribution < -0.4 is 10.6 Å². The lowest BCUT2D eigenvalue weighted by atomic mass is 9.95. The molecule has 0 radical (unpaired) electrons. The van der Waals surface area contributed by atoms with E-state index in [0.29, 0.717) is 23.5 Å². The van der Waals surface area contributed by atoms with Gasteiger partial charge in [-0.05, 0) is 67.8 Å². The van der Waals surface area contributed by atoms with Crippen LogP contribution in [0.3, 0.4) is 0 Å². The van der Waals surface area contributed by atoms with E-state index in [1.807, 2.05) is 24.3 Å². The summed E-state index contributed by atoms with van der Waals surface area (Å²) in [5.41, 5.74) is 2.55. The van der Waals surface area contributed by atoms with Crippen molar-refractivity contribution in [1.29, 1.82) is 0 Å². The van der Waals surface area contributed by atoms with E-state index in [0.717, 1.165) is 17.7 Å². The Hall–Kier alpha value is -3.47. The Balaban J connectivity index is 1.50. The molecule has 196 valence electrons. The zero-order chi connectivity index (χ0) is 26.6. The molecule has 1 aliphatic carbocycles. The third-order valence-corrected chi connectivity index (χ3v) is 6.69. The van der Waals surface area contributed by atoms with Crippen LogP contribution in [0.15, 0.2) is 48.5 Å². The van der Waals surface area contributed by atoms with E-state index in [4.69, 9.17) is 5.11 Å². The van der Waals surface area contributed by atoms with E-state index in [1.54, 1.807) is 24.3 Å². The number of aliphatic hydroxyl groups is 2. The Kier molecular flexibility index (Phi) is 10.9. The van der Waals surface area contributed by atoms with Gasteiger partial charge in [0.2, 0.25) is 5.91 Å². The molecule has 2 amide bonds. The molecule has 0 bridgehead atoms. The number of Topliss-reactive ketones (excluding diaryl/α,β-unsaturated/α-hetero) is 1. The zero-order valence-corrected chi connectivity index (χ0v) is 21.3. The third-order valence-electron chi connectivity index (χ3n) is 6.69. The normalized spacial score (nSPS) is 15.4. The summed E-state index contributed by atoms with van der Waals surface area (Å²) in [4.78, 5) is 36.4. The molecule has 1 fully saturated rings. The van der Waals surface area contributed by atoms with Gasteiger partial charge < -0.3 is 20.8 Å². The van der Waals surface area contributed by atoms with Crippen LogP contribution in [0, 0.1) is 17.8 Å². The van der Waals surface area contributed by atoms with Crippen molar-refractivity contribution in [1.82, 2.24) is 5.32 Å². The minimum atomic E-state index is -1.17. The van der Waals surface area contributed by atoms with Crippen molar-refractivity contribution < 1.29 is 24.6 Å². The predicted octanol–water partition coefficient (Wildman–Crippen LogP) is 3.82. The molecule has 0 spiro atoms. The highest BCUT2D eigenvalue weighted by Crippen LogP contribution is 2.26. The van der Waals surface area contributed by atoms with E-state index in [1.165, 1.54) is 45.4 Å².